The molecule has 0 saturated carbocycles. The summed E-state index contributed by atoms with van der Waals surface area (Å²) in [6.45, 7) is 0.592. The van der Waals surface area contributed by atoms with Gasteiger partial charge in [0.1, 0.15) is 0 Å². The number of carbonyl (C=O) groups excluding carboxylic acids is 3. The molecule has 4 aromatic rings. The molecule has 3 aromatic carbocycles. The minimum atomic E-state index is -0.429. The van der Waals surface area contributed by atoms with E-state index >= 15 is 0 Å². The van der Waals surface area contributed by atoms with Crippen LogP contribution in [0.2, 0.25) is 0 Å². The van der Waals surface area contributed by atoms with Crippen molar-refractivity contribution in [1.82, 2.24) is 21.1 Å². The molecule has 0 aliphatic heterocycles. The van der Waals surface area contributed by atoms with E-state index in [-0.39, 0.29) is 24.8 Å². The summed E-state index contributed by atoms with van der Waals surface area (Å²) in [5.41, 5.74) is 6.40. The predicted octanol–water partition coefficient (Wildman–Crippen LogP) is 4.90. The minimum Gasteiger partial charge on any atom is -0.350 e. The molecule has 8 nitrogen and oxygen atoms in total. The second-order valence-electron chi connectivity index (χ2n) is 9.30. The third kappa shape index (κ3) is 7.96. The van der Waals surface area contributed by atoms with E-state index in [1.54, 1.807) is 11.5 Å². The van der Waals surface area contributed by atoms with Gasteiger partial charge >= 0.3 is 0 Å². The van der Waals surface area contributed by atoms with Gasteiger partial charge < -0.3 is 10.6 Å². The van der Waals surface area contributed by atoms with E-state index in [9.17, 15) is 14.4 Å². The molecule has 3 amide bonds. The van der Waals surface area contributed by atoms with Crippen LogP contribution in [0, 0.1) is 0 Å². The second-order valence-corrected chi connectivity index (χ2v) is 9.30. The van der Waals surface area contributed by atoms with Gasteiger partial charge in [-0.15, -0.1) is 0 Å². The Morgan fingerprint density at radius 3 is 2.10 bits per heavy atom. The zero-order valence-corrected chi connectivity index (χ0v) is 21.7. The number of hydrogen-bond donors (Lipinski definition) is 4. The number of unbranched alkanes of at least 4 members (excludes halogenated alkanes) is 2. The lowest BCUT2D eigenvalue weighted by Gasteiger charge is -2.13. The summed E-state index contributed by atoms with van der Waals surface area (Å²) in [6.07, 6.45) is 2.47. The first-order chi connectivity index (χ1) is 19.0. The highest BCUT2D eigenvalue weighted by molar-refractivity contribution is 6.07. The van der Waals surface area contributed by atoms with Gasteiger partial charge in [-0.3, -0.25) is 24.6 Å². The van der Waals surface area contributed by atoms with Crippen LogP contribution in [0.5, 0.6) is 0 Å². The number of fused-ring (bicyclic) bond motifs is 1. The lowest BCUT2D eigenvalue weighted by Crippen LogP contribution is -2.25. The summed E-state index contributed by atoms with van der Waals surface area (Å²) in [5, 5.41) is 15.2. The number of nitrogens with zero attached hydrogens (tertiary/aromatic N) is 1. The van der Waals surface area contributed by atoms with Crippen molar-refractivity contribution in [3.05, 3.63) is 102 Å². The van der Waals surface area contributed by atoms with Gasteiger partial charge in [0.05, 0.1) is 23.3 Å². The summed E-state index contributed by atoms with van der Waals surface area (Å²) >= 11 is 0. The fraction of sp³-hybridized carbons (Fsp3) is 0.226. The molecule has 0 spiro atoms. The smallest absolute Gasteiger partial charge is 0.252 e. The molecular formula is C31H32N4O4. The Bertz CT molecular complexity index is 1420. The SMILES string of the molecule is O=C(CCCCCC(=O)NCc1cc(C(=O)NCc2ccccc2)c2cc(-c3ccccc3)ccc2n1)NO. The number of rotatable bonds is 12. The molecule has 1 heterocycles. The first kappa shape index (κ1) is 27.5. The molecule has 0 aliphatic carbocycles. The van der Waals surface area contributed by atoms with Crippen molar-refractivity contribution in [2.45, 2.75) is 45.2 Å². The van der Waals surface area contributed by atoms with E-state index in [0.717, 1.165) is 22.1 Å². The molecule has 0 saturated heterocycles. The number of amides is 3. The van der Waals surface area contributed by atoms with Gasteiger partial charge in [0.25, 0.3) is 5.91 Å². The van der Waals surface area contributed by atoms with Crippen LogP contribution in [0.1, 0.15) is 53.7 Å². The number of carbonyl (C=O) groups is 3. The van der Waals surface area contributed by atoms with Crippen LogP contribution in [0.25, 0.3) is 22.0 Å². The molecule has 39 heavy (non-hydrogen) atoms. The molecule has 0 fully saturated rings. The molecule has 4 N–H and O–H groups in total. The maximum atomic E-state index is 13.4. The van der Waals surface area contributed by atoms with Crippen LogP contribution >= 0.6 is 0 Å². The number of aromatic nitrogens is 1. The maximum Gasteiger partial charge on any atom is 0.252 e. The highest BCUT2D eigenvalue weighted by Gasteiger charge is 2.15. The number of benzene rings is 3. The van der Waals surface area contributed by atoms with Crippen molar-refractivity contribution < 1.29 is 19.6 Å². The maximum absolute atomic E-state index is 13.4. The van der Waals surface area contributed by atoms with Crippen molar-refractivity contribution in [3.63, 3.8) is 0 Å². The van der Waals surface area contributed by atoms with Crippen LogP contribution in [-0.4, -0.2) is 27.9 Å². The van der Waals surface area contributed by atoms with E-state index in [0.29, 0.717) is 49.0 Å². The van der Waals surface area contributed by atoms with E-state index < -0.39 is 5.91 Å². The van der Waals surface area contributed by atoms with Gasteiger partial charge in [0.2, 0.25) is 11.8 Å². The van der Waals surface area contributed by atoms with Gasteiger partial charge in [-0.2, -0.15) is 0 Å². The van der Waals surface area contributed by atoms with Crippen LogP contribution < -0.4 is 16.1 Å². The zero-order chi connectivity index (χ0) is 27.5. The van der Waals surface area contributed by atoms with Crippen molar-refractivity contribution in [2.75, 3.05) is 0 Å². The molecule has 1 aromatic heterocycles. The highest BCUT2D eigenvalue weighted by atomic mass is 16.5. The largest absolute Gasteiger partial charge is 0.350 e. The molecular weight excluding hydrogens is 492 g/mol. The Labute approximate surface area is 227 Å². The van der Waals surface area contributed by atoms with Gasteiger partial charge in [0, 0.05) is 24.8 Å². The van der Waals surface area contributed by atoms with E-state index in [4.69, 9.17) is 10.2 Å². The Hall–Kier alpha value is -4.56. The quantitative estimate of drug-likeness (QED) is 0.119. The number of nitrogens with one attached hydrogen (secondary N) is 3. The Kier molecular flexibility index (Phi) is 9.74. The Morgan fingerprint density at radius 1 is 0.692 bits per heavy atom. The van der Waals surface area contributed by atoms with Crippen molar-refractivity contribution in [1.29, 1.82) is 0 Å². The molecule has 200 valence electrons. The standard InChI is InChI=1S/C31H32N4O4/c36-29(14-8-3-9-15-30(37)35-39)32-21-25-19-27(31(38)33-20-22-10-4-1-5-11-22)26-18-24(16-17-28(26)34-25)23-12-6-2-7-13-23/h1-2,4-7,10-13,16-19,39H,3,8-9,14-15,20-21H2,(H,32,36)(H,33,38)(H,35,37). The third-order valence-electron chi connectivity index (χ3n) is 6.41. The molecule has 0 aliphatic rings. The van der Waals surface area contributed by atoms with E-state index in [1.807, 2.05) is 78.9 Å². The average molecular weight is 525 g/mol. The first-order valence-corrected chi connectivity index (χ1v) is 13.0. The fourth-order valence-electron chi connectivity index (χ4n) is 4.32. The van der Waals surface area contributed by atoms with Gasteiger partial charge in [-0.1, -0.05) is 73.2 Å². The van der Waals surface area contributed by atoms with Gasteiger partial charge in [-0.25, -0.2) is 5.48 Å². The summed E-state index contributed by atoms with van der Waals surface area (Å²) < 4.78 is 0. The van der Waals surface area contributed by atoms with E-state index in [2.05, 4.69) is 10.6 Å². The van der Waals surface area contributed by atoms with Crippen molar-refractivity contribution >= 4 is 28.6 Å². The van der Waals surface area contributed by atoms with Crippen LogP contribution in [0.15, 0.2) is 84.9 Å². The lowest BCUT2D eigenvalue weighted by atomic mass is 9.99. The Balaban J connectivity index is 1.49. The van der Waals surface area contributed by atoms with E-state index in [1.165, 1.54) is 0 Å². The monoisotopic (exact) mass is 524 g/mol. The number of hydroxylamine groups is 1. The summed E-state index contributed by atoms with van der Waals surface area (Å²) in [6, 6.07) is 27.3. The third-order valence-corrected chi connectivity index (χ3v) is 6.41. The molecule has 0 atom stereocenters. The molecule has 0 unspecified atom stereocenters. The topological polar surface area (TPSA) is 120 Å². The first-order valence-electron chi connectivity index (χ1n) is 13.0. The lowest BCUT2D eigenvalue weighted by molar-refractivity contribution is -0.129. The minimum absolute atomic E-state index is 0.127. The van der Waals surface area contributed by atoms with Crippen LogP contribution in [-0.2, 0) is 22.7 Å². The van der Waals surface area contributed by atoms with Gasteiger partial charge in [0.15, 0.2) is 0 Å². The summed E-state index contributed by atoms with van der Waals surface area (Å²) in [5.74, 6) is -0.768. The van der Waals surface area contributed by atoms with Crippen LogP contribution in [0.4, 0.5) is 0 Å². The summed E-state index contributed by atoms with van der Waals surface area (Å²) in [7, 11) is 0. The summed E-state index contributed by atoms with van der Waals surface area (Å²) in [4.78, 5) is 41.5. The average Bonchev–Trinajstić information content (AvgIpc) is 2.98. The zero-order valence-electron chi connectivity index (χ0n) is 21.7. The predicted molar refractivity (Wildman–Crippen MR) is 150 cm³/mol. The molecule has 4 rings (SSSR count). The molecule has 0 bridgehead atoms. The molecule has 8 heteroatoms. The van der Waals surface area contributed by atoms with Gasteiger partial charge in [-0.05, 0) is 47.7 Å². The highest BCUT2D eigenvalue weighted by Crippen LogP contribution is 2.26. The fourth-order valence-corrected chi connectivity index (χ4v) is 4.32. The molecule has 0 radical (unpaired) electrons. The van der Waals surface area contributed by atoms with Crippen molar-refractivity contribution in [3.8, 4) is 11.1 Å². The van der Waals surface area contributed by atoms with Crippen LogP contribution in [0.3, 0.4) is 0 Å². The number of hydrogen-bond acceptors (Lipinski definition) is 5. The second kappa shape index (κ2) is 13.8. The number of pyridine rings is 1. The van der Waals surface area contributed by atoms with Crippen molar-refractivity contribution in [2.24, 2.45) is 0 Å². The normalized spacial score (nSPS) is 10.7. The Morgan fingerprint density at radius 2 is 1.38 bits per heavy atom.